The highest BCUT2D eigenvalue weighted by Gasteiger charge is 2.35. The first-order chi connectivity index (χ1) is 11.0. The Labute approximate surface area is 135 Å². The molecular weight excluding hydrogens is 297 g/mol. The third-order valence-corrected chi connectivity index (χ3v) is 4.91. The molecule has 2 saturated heterocycles. The Kier molecular flexibility index (Phi) is 4.94. The zero-order valence-electron chi connectivity index (χ0n) is 13.3. The first kappa shape index (κ1) is 16.4. The fourth-order valence-electron chi connectivity index (χ4n) is 3.89. The largest absolute Gasteiger partial charge is 0.481 e. The molecule has 0 aliphatic carbocycles. The van der Waals surface area contributed by atoms with Crippen LogP contribution in [0.15, 0.2) is 24.3 Å². The van der Waals surface area contributed by atoms with Crippen LogP contribution < -0.4 is 10.9 Å². The number of hydrogen-bond donors (Lipinski definition) is 3. The maximum atomic E-state index is 14.1. The van der Waals surface area contributed by atoms with E-state index in [2.05, 4.69) is 22.7 Å². The maximum Gasteiger partial charge on any atom is 0.307 e. The number of likely N-dealkylation sites (tertiary alicyclic amines) is 1. The van der Waals surface area contributed by atoms with Gasteiger partial charge in [-0.15, -0.1) is 0 Å². The second-order valence-electron chi connectivity index (χ2n) is 6.88. The molecule has 2 aliphatic heterocycles. The molecule has 3 rings (SSSR count). The summed E-state index contributed by atoms with van der Waals surface area (Å²) in [5, 5.41) is 9.30. The lowest BCUT2D eigenvalue weighted by Crippen LogP contribution is -2.45. The molecule has 0 bridgehead atoms. The van der Waals surface area contributed by atoms with Gasteiger partial charge in [0.1, 0.15) is 5.82 Å². The van der Waals surface area contributed by atoms with E-state index in [0.29, 0.717) is 18.0 Å². The molecule has 3 N–H and O–H groups in total. The summed E-state index contributed by atoms with van der Waals surface area (Å²) in [6, 6.07) is 6.75. The molecule has 2 aliphatic rings. The molecule has 0 radical (unpaired) electrons. The van der Waals surface area contributed by atoms with Crippen LogP contribution in [-0.2, 0) is 4.79 Å². The van der Waals surface area contributed by atoms with Crippen molar-refractivity contribution >= 4 is 5.97 Å². The van der Waals surface area contributed by atoms with Crippen LogP contribution in [0.1, 0.15) is 24.9 Å². The summed E-state index contributed by atoms with van der Waals surface area (Å²) in [7, 11) is 0. The van der Waals surface area contributed by atoms with E-state index >= 15 is 0 Å². The Bertz CT molecular complexity index is 569. The second kappa shape index (κ2) is 6.95. The Hall–Kier alpha value is -1.50. The number of hydrazine groups is 1. The zero-order valence-corrected chi connectivity index (χ0v) is 13.3. The van der Waals surface area contributed by atoms with Crippen LogP contribution in [0.5, 0.6) is 0 Å². The van der Waals surface area contributed by atoms with Gasteiger partial charge in [-0.3, -0.25) is 10.2 Å². The number of benzene rings is 1. The summed E-state index contributed by atoms with van der Waals surface area (Å²) in [5.74, 6) is -0.622. The van der Waals surface area contributed by atoms with Crippen LogP contribution in [0.3, 0.4) is 0 Å². The number of carbonyl (C=O) groups is 1. The SMILES string of the molecule is CC1CC(C(=O)O)CN(CC2CNNC2c2ccccc2F)C1. The van der Waals surface area contributed by atoms with Crippen molar-refractivity contribution < 1.29 is 14.3 Å². The number of nitrogens with zero attached hydrogens (tertiary/aromatic N) is 1. The fourth-order valence-corrected chi connectivity index (χ4v) is 3.89. The van der Waals surface area contributed by atoms with Gasteiger partial charge in [0.05, 0.1) is 12.0 Å². The minimum absolute atomic E-state index is 0.0864. The van der Waals surface area contributed by atoms with Gasteiger partial charge in [0, 0.05) is 37.7 Å². The van der Waals surface area contributed by atoms with Crippen molar-refractivity contribution in [2.24, 2.45) is 17.8 Å². The normalized spacial score (nSPS) is 32.1. The van der Waals surface area contributed by atoms with Crippen LogP contribution in [0, 0.1) is 23.6 Å². The van der Waals surface area contributed by atoms with Crippen molar-refractivity contribution in [3.8, 4) is 0 Å². The smallest absolute Gasteiger partial charge is 0.307 e. The first-order valence-electron chi connectivity index (χ1n) is 8.22. The fraction of sp³-hybridized carbons (Fsp3) is 0.588. The number of piperidine rings is 1. The Balaban J connectivity index is 1.69. The molecule has 0 spiro atoms. The van der Waals surface area contributed by atoms with Gasteiger partial charge < -0.3 is 10.0 Å². The Morgan fingerprint density at radius 1 is 1.39 bits per heavy atom. The van der Waals surface area contributed by atoms with Crippen LogP contribution >= 0.6 is 0 Å². The number of hydrogen-bond acceptors (Lipinski definition) is 4. The minimum atomic E-state index is -0.713. The van der Waals surface area contributed by atoms with Crippen molar-refractivity contribution in [1.82, 2.24) is 15.8 Å². The van der Waals surface area contributed by atoms with E-state index in [1.165, 1.54) is 6.07 Å². The van der Waals surface area contributed by atoms with E-state index in [9.17, 15) is 14.3 Å². The Morgan fingerprint density at radius 3 is 2.91 bits per heavy atom. The molecule has 2 fully saturated rings. The number of aliphatic carboxylic acids is 1. The predicted molar refractivity (Wildman–Crippen MR) is 85.1 cm³/mol. The summed E-state index contributed by atoms with van der Waals surface area (Å²) < 4.78 is 14.1. The van der Waals surface area contributed by atoms with E-state index in [0.717, 1.165) is 26.1 Å². The van der Waals surface area contributed by atoms with Gasteiger partial charge in [0.2, 0.25) is 0 Å². The van der Waals surface area contributed by atoms with E-state index in [1.54, 1.807) is 6.07 Å². The lowest BCUT2D eigenvalue weighted by Gasteiger charge is -2.36. The van der Waals surface area contributed by atoms with Gasteiger partial charge in [-0.25, -0.2) is 9.82 Å². The number of carboxylic acids is 1. The molecular formula is C17H24FN3O2. The van der Waals surface area contributed by atoms with Gasteiger partial charge >= 0.3 is 5.97 Å². The predicted octanol–water partition coefficient (Wildman–Crippen LogP) is 1.63. The van der Waals surface area contributed by atoms with Crippen molar-refractivity contribution in [2.45, 2.75) is 19.4 Å². The van der Waals surface area contributed by atoms with Gasteiger partial charge in [0.15, 0.2) is 0 Å². The third-order valence-electron chi connectivity index (χ3n) is 4.91. The lowest BCUT2D eigenvalue weighted by atomic mass is 9.88. The molecule has 4 unspecified atom stereocenters. The lowest BCUT2D eigenvalue weighted by molar-refractivity contribution is -0.144. The molecule has 1 aromatic rings. The van der Waals surface area contributed by atoms with Gasteiger partial charge in [-0.1, -0.05) is 25.1 Å². The van der Waals surface area contributed by atoms with E-state index in [-0.39, 0.29) is 23.7 Å². The summed E-state index contributed by atoms with van der Waals surface area (Å²) >= 11 is 0. The summed E-state index contributed by atoms with van der Waals surface area (Å²) in [4.78, 5) is 13.5. The highest BCUT2D eigenvalue weighted by atomic mass is 19.1. The second-order valence-corrected chi connectivity index (χ2v) is 6.88. The summed E-state index contributed by atoms with van der Waals surface area (Å²) in [6.07, 6.45) is 0.740. The quantitative estimate of drug-likeness (QED) is 0.787. The molecule has 23 heavy (non-hydrogen) atoms. The van der Waals surface area contributed by atoms with E-state index < -0.39 is 5.97 Å². The third kappa shape index (κ3) is 3.71. The zero-order chi connectivity index (χ0) is 16.4. The number of rotatable bonds is 4. The molecule has 0 aromatic heterocycles. The Morgan fingerprint density at radius 2 is 2.17 bits per heavy atom. The van der Waals surface area contributed by atoms with Gasteiger partial charge in [-0.2, -0.15) is 0 Å². The molecule has 2 heterocycles. The molecule has 4 atom stereocenters. The van der Waals surface area contributed by atoms with Crippen molar-refractivity contribution in [1.29, 1.82) is 0 Å². The van der Waals surface area contributed by atoms with Crippen molar-refractivity contribution in [3.05, 3.63) is 35.6 Å². The average Bonchev–Trinajstić information content (AvgIpc) is 2.95. The average molecular weight is 321 g/mol. The minimum Gasteiger partial charge on any atom is -0.481 e. The van der Waals surface area contributed by atoms with Crippen molar-refractivity contribution in [3.63, 3.8) is 0 Å². The monoisotopic (exact) mass is 321 g/mol. The first-order valence-corrected chi connectivity index (χ1v) is 8.22. The maximum absolute atomic E-state index is 14.1. The summed E-state index contributed by atoms with van der Waals surface area (Å²) in [5.41, 5.74) is 6.96. The van der Waals surface area contributed by atoms with Gasteiger partial charge in [0.25, 0.3) is 0 Å². The molecule has 1 aromatic carbocycles. The van der Waals surface area contributed by atoms with E-state index in [1.807, 2.05) is 12.1 Å². The molecule has 0 saturated carbocycles. The molecule has 126 valence electrons. The van der Waals surface area contributed by atoms with E-state index in [4.69, 9.17) is 0 Å². The number of carboxylic acid groups (broad SMARTS) is 1. The van der Waals surface area contributed by atoms with Crippen LogP contribution in [-0.4, -0.2) is 42.2 Å². The molecule has 6 heteroatoms. The molecule has 0 amide bonds. The number of halogens is 1. The number of nitrogens with one attached hydrogen (secondary N) is 2. The van der Waals surface area contributed by atoms with Crippen LogP contribution in [0.4, 0.5) is 4.39 Å². The van der Waals surface area contributed by atoms with Crippen LogP contribution in [0.2, 0.25) is 0 Å². The van der Waals surface area contributed by atoms with Crippen LogP contribution in [0.25, 0.3) is 0 Å². The highest BCUT2D eigenvalue weighted by molar-refractivity contribution is 5.70. The van der Waals surface area contributed by atoms with Gasteiger partial charge in [-0.05, 0) is 18.4 Å². The summed E-state index contributed by atoms with van der Waals surface area (Å²) in [6.45, 7) is 5.11. The molecule has 5 nitrogen and oxygen atoms in total. The standard InChI is InChI=1S/C17H24FN3O2/c1-11-6-12(17(22)23)9-21(8-11)10-13-7-19-20-16(13)14-4-2-3-5-15(14)18/h2-5,11-13,16,19-20H,6-10H2,1H3,(H,22,23). The highest BCUT2D eigenvalue weighted by Crippen LogP contribution is 2.29. The topological polar surface area (TPSA) is 64.6 Å². The van der Waals surface area contributed by atoms with Crippen molar-refractivity contribution in [2.75, 3.05) is 26.2 Å².